The first-order valence-corrected chi connectivity index (χ1v) is 16.1. The van der Waals surface area contributed by atoms with Crippen molar-refractivity contribution in [3.8, 4) is 5.75 Å². The highest BCUT2D eigenvalue weighted by molar-refractivity contribution is 7.52. The van der Waals surface area contributed by atoms with Crippen molar-refractivity contribution < 1.29 is 61.3 Å². The Morgan fingerprint density at radius 2 is 1.36 bits per heavy atom. The molecule has 1 saturated heterocycles. The second-order valence-corrected chi connectivity index (χ2v) is 12.7. The Hall–Kier alpha value is -4.30. The number of hydrogen-bond donors (Lipinski definition) is 2. The van der Waals surface area contributed by atoms with E-state index in [1.807, 2.05) is 6.07 Å². The minimum atomic E-state index is -4.53. The lowest BCUT2D eigenvalue weighted by atomic mass is 9.96. The molecular weight excluding hydrogens is 639 g/mol. The van der Waals surface area contributed by atoms with Crippen molar-refractivity contribution in [3.05, 3.63) is 66.2 Å². The van der Waals surface area contributed by atoms with Gasteiger partial charge in [0, 0.05) is 27.7 Å². The number of carbonyl (C=O) groups is 5. The summed E-state index contributed by atoms with van der Waals surface area (Å²) in [6.07, 6.45) is -5.89. The van der Waals surface area contributed by atoms with Gasteiger partial charge in [-0.15, -0.1) is 0 Å². The van der Waals surface area contributed by atoms with E-state index in [9.17, 15) is 28.5 Å². The quantitative estimate of drug-likeness (QED) is 0.168. The Bertz CT molecular complexity index is 1450. The molecule has 0 spiro atoms. The van der Waals surface area contributed by atoms with Gasteiger partial charge in [0.2, 0.25) is 12.2 Å². The van der Waals surface area contributed by atoms with Crippen LogP contribution in [0.5, 0.6) is 5.75 Å². The third kappa shape index (κ3) is 11.5. The number of esters is 4. The van der Waals surface area contributed by atoms with Crippen molar-refractivity contribution in [1.29, 1.82) is 0 Å². The summed E-state index contributed by atoms with van der Waals surface area (Å²) in [4.78, 5) is 61.4. The standard InChI is InChI=1S/C31H39N2O13P/c1-19(34)32-26-28(43-21(3)36)27(42-20(2)35)25(45-29(26)44-22(4)37)18-41-47(39,46-24-15-11-8-12-16-24)33-31(5,6)30(38)40-17-23-13-9-7-10-14-23/h7-16,25-29H,17-18H2,1-6H3,(H,32,34)(H,33,39)/t25-,26+,27-,28-,29?,47?/m1/s1. The summed E-state index contributed by atoms with van der Waals surface area (Å²) in [7, 11) is -4.53. The van der Waals surface area contributed by atoms with Gasteiger partial charge in [0.15, 0.2) is 12.2 Å². The van der Waals surface area contributed by atoms with Crippen molar-refractivity contribution in [2.75, 3.05) is 6.61 Å². The Morgan fingerprint density at radius 3 is 1.91 bits per heavy atom. The first kappa shape index (κ1) is 37.2. The Kier molecular flexibility index (Phi) is 13.0. The molecule has 1 aliphatic rings. The summed E-state index contributed by atoms with van der Waals surface area (Å²) in [5.41, 5.74) is -0.913. The van der Waals surface area contributed by atoms with E-state index in [-0.39, 0.29) is 12.4 Å². The molecule has 6 atom stereocenters. The largest absolute Gasteiger partial charge is 0.459 e. The maximum Gasteiger partial charge on any atom is 0.459 e. The molecule has 0 saturated carbocycles. The molecule has 0 aliphatic carbocycles. The highest BCUT2D eigenvalue weighted by Crippen LogP contribution is 2.47. The van der Waals surface area contributed by atoms with E-state index in [2.05, 4.69) is 10.4 Å². The van der Waals surface area contributed by atoms with Gasteiger partial charge < -0.3 is 33.5 Å². The zero-order valence-electron chi connectivity index (χ0n) is 26.8. The second kappa shape index (κ2) is 16.5. The maximum absolute atomic E-state index is 14.3. The monoisotopic (exact) mass is 678 g/mol. The van der Waals surface area contributed by atoms with Crippen LogP contribution < -0.4 is 14.9 Å². The van der Waals surface area contributed by atoms with Gasteiger partial charge in [0.05, 0.1) is 6.61 Å². The van der Waals surface area contributed by atoms with Crippen LogP contribution in [0, 0.1) is 0 Å². The molecule has 16 heteroatoms. The molecule has 2 N–H and O–H groups in total. The third-order valence-electron chi connectivity index (χ3n) is 6.42. The van der Waals surface area contributed by atoms with Crippen molar-refractivity contribution in [2.24, 2.45) is 0 Å². The minimum absolute atomic E-state index is 0.0556. The molecule has 1 aliphatic heterocycles. The van der Waals surface area contributed by atoms with Crippen molar-refractivity contribution in [1.82, 2.24) is 10.4 Å². The van der Waals surface area contributed by atoms with Crippen LogP contribution in [0.2, 0.25) is 0 Å². The normalized spacial score (nSPS) is 22.1. The highest BCUT2D eigenvalue weighted by Gasteiger charge is 2.53. The molecule has 3 rings (SSSR count). The average molecular weight is 679 g/mol. The van der Waals surface area contributed by atoms with Gasteiger partial charge in [0.1, 0.15) is 30.0 Å². The molecule has 1 fully saturated rings. The van der Waals surface area contributed by atoms with Crippen molar-refractivity contribution in [3.63, 3.8) is 0 Å². The predicted molar refractivity (Wildman–Crippen MR) is 163 cm³/mol. The van der Waals surface area contributed by atoms with E-state index < -0.39 is 80.3 Å². The van der Waals surface area contributed by atoms with Crippen molar-refractivity contribution >= 4 is 37.5 Å². The average Bonchev–Trinajstić information content (AvgIpc) is 2.97. The van der Waals surface area contributed by atoms with Gasteiger partial charge in [-0.2, -0.15) is 5.09 Å². The van der Waals surface area contributed by atoms with E-state index in [4.69, 9.17) is 32.7 Å². The zero-order valence-corrected chi connectivity index (χ0v) is 27.7. The summed E-state index contributed by atoms with van der Waals surface area (Å²) >= 11 is 0. The lowest BCUT2D eigenvalue weighted by Crippen LogP contribution is -2.66. The fraction of sp³-hybridized carbons (Fsp3) is 0.452. The molecule has 2 aromatic rings. The van der Waals surface area contributed by atoms with Crippen LogP contribution in [0.1, 0.15) is 47.1 Å². The number of nitrogens with one attached hydrogen (secondary N) is 2. The lowest BCUT2D eigenvalue weighted by molar-refractivity contribution is -0.268. The first-order chi connectivity index (χ1) is 22.1. The Balaban J connectivity index is 1.93. The molecule has 1 heterocycles. The predicted octanol–water partition coefficient (Wildman–Crippen LogP) is 2.96. The van der Waals surface area contributed by atoms with Crippen LogP contribution in [0.25, 0.3) is 0 Å². The fourth-order valence-electron chi connectivity index (χ4n) is 4.52. The number of carbonyl (C=O) groups excluding carboxylic acids is 5. The summed E-state index contributed by atoms with van der Waals surface area (Å²) in [5.74, 6) is -3.72. The summed E-state index contributed by atoms with van der Waals surface area (Å²) in [6, 6.07) is 15.6. The SMILES string of the molecule is CC(=O)N[C@@H]1C(OC(C)=O)O[C@H](COP(=O)(NC(C)(C)C(=O)OCc2ccccc2)Oc2ccccc2)[C@@H](OC(C)=O)[C@@H]1OC(C)=O. The van der Waals surface area contributed by atoms with E-state index >= 15 is 0 Å². The Labute approximate surface area is 272 Å². The minimum Gasteiger partial charge on any atom is -0.459 e. The molecule has 0 radical (unpaired) electrons. The number of benzene rings is 2. The number of hydrogen-bond acceptors (Lipinski definition) is 13. The van der Waals surface area contributed by atoms with Crippen molar-refractivity contribution in [2.45, 2.75) is 84.3 Å². The van der Waals surface area contributed by atoms with Crippen LogP contribution >= 0.6 is 7.75 Å². The molecule has 47 heavy (non-hydrogen) atoms. The van der Waals surface area contributed by atoms with E-state index in [1.54, 1.807) is 42.5 Å². The second-order valence-electron chi connectivity index (χ2n) is 11.0. The van der Waals surface area contributed by atoms with Gasteiger partial charge in [-0.3, -0.25) is 28.5 Å². The van der Waals surface area contributed by atoms with Crippen LogP contribution in [0.3, 0.4) is 0 Å². The first-order valence-electron chi connectivity index (χ1n) is 14.5. The van der Waals surface area contributed by atoms with Gasteiger partial charge in [-0.05, 0) is 31.5 Å². The molecular formula is C31H39N2O13P. The molecule has 2 aromatic carbocycles. The maximum atomic E-state index is 14.3. The number of para-hydroxylation sites is 1. The van der Waals surface area contributed by atoms with E-state index in [0.717, 1.165) is 26.3 Å². The van der Waals surface area contributed by atoms with Gasteiger partial charge in [-0.25, -0.2) is 4.57 Å². The molecule has 256 valence electrons. The van der Waals surface area contributed by atoms with E-state index in [1.165, 1.54) is 32.9 Å². The highest BCUT2D eigenvalue weighted by atomic mass is 31.2. The van der Waals surface area contributed by atoms with Crippen LogP contribution in [0.4, 0.5) is 0 Å². The number of rotatable bonds is 14. The third-order valence-corrected chi connectivity index (χ3v) is 8.19. The van der Waals surface area contributed by atoms with Crippen LogP contribution in [-0.4, -0.2) is 72.6 Å². The number of ether oxygens (including phenoxy) is 5. The van der Waals surface area contributed by atoms with Gasteiger partial charge in [0.25, 0.3) is 0 Å². The summed E-state index contributed by atoms with van der Waals surface area (Å²) < 4.78 is 53.3. The van der Waals surface area contributed by atoms with E-state index in [0.29, 0.717) is 0 Å². The van der Waals surface area contributed by atoms with Gasteiger partial charge >= 0.3 is 31.6 Å². The van der Waals surface area contributed by atoms with Crippen LogP contribution in [0.15, 0.2) is 60.7 Å². The van der Waals surface area contributed by atoms with Crippen LogP contribution in [-0.2, 0) is 63.4 Å². The molecule has 2 unspecified atom stereocenters. The smallest absolute Gasteiger partial charge is 0.459 e. The molecule has 0 aromatic heterocycles. The molecule has 1 amide bonds. The number of amides is 1. The molecule has 0 bridgehead atoms. The zero-order chi connectivity index (χ0) is 34.8. The Morgan fingerprint density at radius 1 is 0.809 bits per heavy atom. The summed E-state index contributed by atoms with van der Waals surface area (Å²) in [6.45, 7) is 6.51. The fourth-order valence-corrected chi connectivity index (χ4v) is 6.20. The van der Waals surface area contributed by atoms with Gasteiger partial charge in [-0.1, -0.05) is 48.5 Å². The summed E-state index contributed by atoms with van der Waals surface area (Å²) in [5, 5.41) is 5.11. The molecule has 15 nitrogen and oxygen atoms in total. The lowest BCUT2D eigenvalue weighted by Gasteiger charge is -2.44. The topological polar surface area (TPSA) is 191 Å².